The normalized spacial score (nSPS) is 24.4. The smallest absolute Gasteiger partial charge is 0.133 e. The van der Waals surface area contributed by atoms with Crippen LogP contribution in [0.4, 0.5) is 0 Å². The molecule has 1 saturated carbocycles. The van der Waals surface area contributed by atoms with Crippen LogP contribution in [0.2, 0.25) is 0 Å². The van der Waals surface area contributed by atoms with Gasteiger partial charge in [0.2, 0.25) is 0 Å². The Bertz CT molecular complexity index is 1070. The molecule has 0 saturated heterocycles. The first-order valence-electron chi connectivity index (χ1n) is 10.2. The highest BCUT2D eigenvalue weighted by Gasteiger charge is 2.46. The van der Waals surface area contributed by atoms with Gasteiger partial charge in [-0.1, -0.05) is 6.92 Å². The number of hydrogen-bond donors (Lipinski definition) is 0. The van der Waals surface area contributed by atoms with Crippen LogP contribution < -0.4 is 4.74 Å². The fraction of sp³-hybridized carbons (Fsp3) is 0.435. The molecule has 144 valence electrons. The van der Waals surface area contributed by atoms with Crippen LogP contribution in [-0.4, -0.2) is 27.2 Å². The van der Waals surface area contributed by atoms with Crippen molar-refractivity contribution < 1.29 is 9.53 Å². The fourth-order valence-electron chi connectivity index (χ4n) is 5.27. The number of rotatable bonds is 2. The maximum Gasteiger partial charge on any atom is 0.133 e. The molecule has 0 amide bonds. The molecule has 5 heteroatoms. The average molecular weight is 375 g/mol. The number of pyridine rings is 1. The van der Waals surface area contributed by atoms with Gasteiger partial charge in [0, 0.05) is 47.2 Å². The summed E-state index contributed by atoms with van der Waals surface area (Å²) in [7, 11) is 0. The van der Waals surface area contributed by atoms with Crippen molar-refractivity contribution in [1.29, 1.82) is 0 Å². The van der Waals surface area contributed by atoms with E-state index in [-0.39, 0.29) is 5.41 Å². The van der Waals surface area contributed by atoms with Gasteiger partial charge in [0.15, 0.2) is 0 Å². The second-order valence-electron chi connectivity index (χ2n) is 8.21. The largest absolute Gasteiger partial charge is 0.493 e. The summed E-state index contributed by atoms with van der Waals surface area (Å²) in [5, 5.41) is 5.76. The number of hydrogen-bond acceptors (Lipinski definition) is 4. The van der Waals surface area contributed by atoms with Gasteiger partial charge in [0.1, 0.15) is 11.5 Å². The number of ether oxygens (including phenoxy) is 1. The molecular formula is C23H25N3O2. The third kappa shape index (κ3) is 2.56. The topological polar surface area (TPSA) is 57.0 Å². The fourth-order valence-corrected chi connectivity index (χ4v) is 5.27. The second-order valence-corrected chi connectivity index (χ2v) is 8.21. The van der Waals surface area contributed by atoms with Gasteiger partial charge in [-0.05, 0) is 50.3 Å². The van der Waals surface area contributed by atoms with Crippen molar-refractivity contribution in [3.05, 3.63) is 47.9 Å². The zero-order valence-corrected chi connectivity index (χ0v) is 16.4. The molecule has 1 aliphatic heterocycles. The van der Waals surface area contributed by atoms with Gasteiger partial charge >= 0.3 is 0 Å². The quantitative estimate of drug-likeness (QED) is 0.660. The first kappa shape index (κ1) is 17.4. The number of carbonyl (C=O) groups is 1. The molecule has 2 aromatic heterocycles. The minimum absolute atomic E-state index is 0.0310. The Balaban J connectivity index is 1.69. The highest BCUT2D eigenvalue weighted by Crippen LogP contribution is 2.52. The summed E-state index contributed by atoms with van der Waals surface area (Å²) in [6.45, 7) is 4.91. The van der Waals surface area contributed by atoms with Crippen molar-refractivity contribution in [2.75, 3.05) is 6.61 Å². The molecule has 0 spiro atoms. The average Bonchev–Trinajstić information content (AvgIpc) is 3.04. The third-order valence-corrected chi connectivity index (χ3v) is 6.79. The number of aromatic nitrogens is 3. The molecule has 3 aromatic rings. The van der Waals surface area contributed by atoms with E-state index >= 15 is 0 Å². The number of Topliss-reactive ketones (excluding diaryl/α,β-unsaturated/α-hetero) is 1. The van der Waals surface area contributed by atoms with Gasteiger partial charge in [-0.2, -0.15) is 5.10 Å². The molecule has 2 atom stereocenters. The summed E-state index contributed by atoms with van der Waals surface area (Å²) < 4.78 is 8.19. The van der Waals surface area contributed by atoms with Crippen LogP contribution in [0.15, 0.2) is 36.7 Å². The van der Waals surface area contributed by atoms with Crippen molar-refractivity contribution in [2.24, 2.45) is 5.92 Å². The van der Waals surface area contributed by atoms with Crippen LogP contribution in [0, 0.1) is 12.8 Å². The van der Waals surface area contributed by atoms with Crippen molar-refractivity contribution in [2.45, 2.75) is 51.4 Å². The van der Waals surface area contributed by atoms with E-state index in [2.05, 4.69) is 29.1 Å². The highest BCUT2D eigenvalue weighted by atomic mass is 16.5. The monoisotopic (exact) mass is 375 g/mol. The molecule has 1 aromatic carbocycles. The lowest BCUT2D eigenvalue weighted by Crippen LogP contribution is -2.40. The first-order valence-corrected chi connectivity index (χ1v) is 10.2. The van der Waals surface area contributed by atoms with Crippen LogP contribution in [-0.2, 0) is 10.2 Å². The molecule has 28 heavy (non-hydrogen) atoms. The Kier molecular flexibility index (Phi) is 4.00. The van der Waals surface area contributed by atoms with Crippen LogP contribution >= 0.6 is 0 Å². The molecule has 1 aliphatic carbocycles. The van der Waals surface area contributed by atoms with E-state index in [1.54, 1.807) is 0 Å². The van der Waals surface area contributed by atoms with Gasteiger partial charge < -0.3 is 4.74 Å². The van der Waals surface area contributed by atoms with Crippen LogP contribution in [0.3, 0.4) is 0 Å². The Morgan fingerprint density at radius 1 is 1.32 bits per heavy atom. The van der Waals surface area contributed by atoms with Crippen molar-refractivity contribution in [3.8, 4) is 11.4 Å². The molecule has 5 rings (SSSR count). The van der Waals surface area contributed by atoms with E-state index in [0.29, 0.717) is 31.1 Å². The Hall–Kier alpha value is -2.69. The number of aryl methyl sites for hydroxylation is 1. The Labute approximate surface area is 164 Å². The molecule has 3 heterocycles. The number of fused-ring (bicyclic) bond motifs is 4. The summed E-state index contributed by atoms with van der Waals surface area (Å²) in [6, 6.07) is 8.42. The van der Waals surface area contributed by atoms with Gasteiger partial charge in [0.05, 0.1) is 24.0 Å². The standard InChI is InChI=1S/C23H25N3O2/c1-3-23-7-4-19(27)12-17(23)6-9-28-22-13-21-16(11-20(22)23)14-25-26(21)18-5-8-24-15(2)10-18/h5,8,10-11,13-14,17H,3-4,6-7,9,12H2,1-2H3/t17-,23+/m1/s1. The number of carbonyl (C=O) groups excluding carboxylic acids is 1. The minimum Gasteiger partial charge on any atom is -0.493 e. The zero-order valence-electron chi connectivity index (χ0n) is 16.4. The lowest BCUT2D eigenvalue weighted by atomic mass is 9.60. The molecule has 0 bridgehead atoms. The van der Waals surface area contributed by atoms with E-state index in [4.69, 9.17) is 4.74 Å². The molecule has 0 radical (unpaired) electrons. The minimum atomic E-state index is 0.0310. The Morgan fingerprint density at radius 2 is 2.21 bits per heavy atom. The van der Waals surface area contributed by atoms with E-state index in [0.717, 1.165) is 47.3 Å². The van der Waals surface area contributed by atoms with Gasteiger partial charge in [-0.15, -0.1) is 0 Å². The zero-order chi connectivity index (χ0) is 19.3. The SMILES string of the molecule is CC[C@]12CCC(=O)C[C@H]1CCOc1cc3c(cnn3-c3ccnc(C)c3)cc12. The molecule has 0 unspecified atom stereocenters. The number of nitrogens with zero attached hydrogens (tertiary/aromatic N) is 3. The lowest BCUT2D eigenvalue weighted by Gasteiger charge is -2.42. The van der Waals surface area contributed by atoms with Crippen molar-refractivity contribution >= 4 is 16.7 Å². The summed E-state index contributed by atoms with van der Waals surface area (Å²) in [5.41, 5.74) is 4.31. The molecule has 0 N–H and O–H groups in total. The van der Waals surface area contributed by atoms with Gasteiger partial charge in [-0.3, -0.25) is 9.78 Å². The number of benzene rings is 1. The highest BCUT2D eigenvalue weighted by molar-refractivity contribution is 5.84. The van der Waals surface area contributed by atoms with Crippen LogP contribution in [0.25, 0.3) is 16.6 Å². The van der Waals surface area contributed by atoms with Gasteiger partial charge in [0.25, 0.3) is 0 Å². The summed E-state index contributed by atoms with van der Waals surface area (Å²) in [4.78, 5) is 16.4. The van der Waals surface area contributed by atoms with Crippen molar-refractivity contribution in [1.82, 2.24) is 14.8 Å². The molecule has 1 fully saturated rings. The van der Waals surface area contributed by atoms with Crippen molar-refractivity contribution in [3.63, 3.8) is 0 Å². The second kappa shape index (κ2) is 6.43. The predicted molar refractivity (Wildman–Crippen MR) is 108 cm³/mol. The predicted octanol–water partition coefficient (Wildman–Crippen LogP) is 4.53. The van der Waals surface area contributed by atoms with E-state index in [9.17, 15) is 4.79 Å². The van der Waals surface area contributed by atoms with Crippen LogP contribution in [0.1, 0.15) is 50.3 Å². The maximum atomic E-state index is 12.1. The Morgan fingerprint density at radius 3 is 3.04 bits per heavy atom. The van der Waals surface area contributed by atoms with E-state index in [1.165, 1.54) is 5.56 Å². The molecule has 5 nitrogen and oxygen atoms in total. The van der Waals surface area contributed by atoms with Crippen LogP contribution in [0.5, 0.6) is 5.75 Å². The third-order valence-electron chi connectivity index (χ3n) is 6.79. The van der Waals surface area contributed by atoms with E-state index in [1.807, 2.05) is 36.1 Å². The first-order chi connectivity index (χ1) is 13.6. The summed E-state index contributed by atoms with van der Waals surface area (Å²) in [5.74, 6) is 1.73. The van der Waals surface area contributed by atoms with Gasteiger partial charge in [-0.25, -0.2) is 4.68 Å². The maximum absolute atomic E-state index is 12.1. The molecule has 2 aliphatic rings. The van der Waals surface area contributed by atoms with E-state index < -0.39 is 0 Å². The lowest BCUT2D eigenvalue weighted by molar-refractivity contribution is -0.123. The number of ketones is 1. The summed E-state index contributed by atoms with van der Waals surface area (Å²) >= 11 is 0. The summed E-state index contributed by atoms with van der Waals surface area (Å²) in [6.07, 6.45) is 8.01. The molecular weight excluding hydrogens is 350 g/mol.